The third-order valence-electron chi connectivity index (χ3n) is 1.23. The first kappa shape index (κ1) is 8.99. The summed E-state index contributed by atoms with van der Waals surface area (Å²) in [6.07, 6.45) is 4.22. The Hall–Kier alpha value is -0.0100. The van der Waals surface area contributed by atoms with Gasteiger partial charge < -0.3 is 5.11 Å². The molecule has 9 heavy (non-hydrogen) atoms. The van der Waals surface area contributed by atoms with Crippen molar-refractivity contribution in [2.45, 2.75) is 32.3 Å². The monoisotopic (exact) mass is 148 g/mol. The molecule has 0 aliphatic rings. The maximum atomic E-state index is 9.01. The van der Waals surface area contributed by atoms with Gasteiger partial charge in [0, 0.05) is 5.54 Å². The van der Waals surface area contributed by atoms with Crippen molar-refractivity contribution in [3.63, 3.8) is 0 Å². The van der Waals surface area contributed by atoms with Crippen LogP contribution in [-0.2, 0) is 0 Å². The van der Waals surface area contributed by atoms with Crippen LogP contribution in [0.2, 0.25) is 0 Å². The van der Waals surface area contributed by atoms with E-state index in [-0.39, 0.29) is 6.10 Å². The van der Waals surface area contributed by atoms with Crippen LogP contribution < -0.4 is 0 Å². The number of aliphatic hydroxyl groups is 1. The Bertz CT molecular complexity index is 81.0. The van der Waals surface area contributed by atoms with Crippen LogP contribution in [0.1, 0.15) is 26.2 Å². The minimum Gasteiger partial charge on any atom is -0.393 e. The van der Waals surface area contributed by atoms with Crippen LogP contribution in [0.15, 0.2) is 11.6 Å². The molecule has 2 heteroatoms. The number of halogens is 1. The zero-order chi connectivity index (χ0) is 7.11. The average molecular weight is 149 g/mol. The first-order valence-electron chi connectivity index (χ1n) is 3.24. The molecular formula is C7H13ClO. The van der Waals surface area contributed by atoms with Gasteiger partial charge in [0.05, 0.1) is 6.10 Å². The van der Waals surface area contributed by atoms with Crippen molar-refractivity contribution in [1.82, 2.24) is 0 Å². The van der Waals surface area contributed by atoms with E-state index < -0.39 is 0 Å². The van der Waals surface area contributed by atoms with Crippen molar-refractivity contribution in [2.24, 2.45) is 0 Å². The lowest BCUT2D eigenvalue weighted by Gasteiger charge is -2.02. The normalized spacial score (nSPS) is 14.6. The highest BCUT2D eigenvalue weighted by atomic mass is 35.5. The van der Waals surface area contributed by atoms with Crippen LogP contribution in [0.5, 0.6) is 0 Å². The van der Waals surface area contributed by atoms with Crippen molar-refractivity contribution >= 4 is 11.6 Å². The molecule has 0 spiro atoms. The summed E-state index contributed by atoms with van der Waals surface area (Å²) in [7, 11) is 0. The Kier molecular flexibility index (Phi) is 6.11. The third-order valence-corrected chi connectivity index (χ3v) is 1.41. The first-order chi connectivity index (χ1) is 4.31. The van der Waals surface area contributed by atoms with E-state index in [1.165, 1.54) is 5.54 Å². The molecule has 0 heterocycles. The van der Waals surface area contributed by atoms with Gasteiger partial charge in [-0.2, -0.15) is 0 Å². The number of aliphatic hydroxyl groups excluding tert-OH is 1. The van der Waals surface area contributed by atoms with E-state index in [1.54, 1.807) is 0 Å². The molecule has 54 valence electrons. The van der Waals surface area contributed by atoms with Crippen molar-refractivity contribution in [3.8, 4) is 0 Å². The molecule has 0 rings (SSSR count). The second kappa shape index (κ2) is 6.12. The van der Waals surface area contributed by atoms with Crippen molar-refractivity contribution in [3.05, 3.63) is 11.6 Å². The molecule has 0 aliphatic carbocycles. The van der Waals surface area contributed by atoms with Gasteiger partial charge in [-0.1, -0.05) is 24.6 Å². The quantitative estimate of drug-likeness (QED) is 0.649. The zero-order valence-corrected chi connectivity index (χ0v) is 6.43. The number of allylic oxidation sites excluding steroid dienone is 1. The summed E-state index contributed by atoms with van der Waals surface area (Å²) >= 11 is 5.27. The van der Waals surface area contributed by atoms with Crippen LogP contribution in [0.3, 0.4) is 0 Å². The van der Waals surface area contributed by atoms with E-state index in [2.05, 4.69) is 0 Å². The first-order valence-corrected chi connectivity index (χ1v) is 3.68. The number of hydrogen-bond acceptors (Lipinski definition) is 1. The van der Waals surface area contributed by atoms with Crippen molar-refractivity contribution in [2.75, 3.05) is 0 Å². The largest absolute Gasteiger partial charge is 0.393 e. The Morgan fingerprint density at radius 1 is 1.67 bits per heavy atom. The molecule has 1 nitrogen and oxygen atoms in total. The average Bonchev–Trinajstić information content (AvgIpc) is 1.89. The van der Waals surface area contributed by atoms with E-state index in [0.717, 1.165) is 19.3 Å². The summed E-state index contributed by atoms with van der Waals surface area (Å²) in [5, 5.41) is 9.01. The predicted octanol–water partition coefficient (Wildman–Crippen LogP) is 2.29. The lowest BCUT2D eigenvalue weighted by atomic mass is 10.1. The molecule has 0 saturated carbocycles. The number of rotatable bonds is 4. The second-order valence-electron chi connectivity index (χ2n) is 2.00. The fraction of sp³-hybridized carbons (Fsp3) is 0.714. The summed E-state index contributed by atoms with van der Waals surface area (Å²) in [4.78, 5) is 0. The summed E-state index contributed by atoms with van der Waals surface area (Å²) in [6, 6.07) is 0. The molecule has 0 amide bonds. The van der Waals surface area contributed by atoms with E-state index in [0.29, 0.717) is 0 Å². The SMILES string of the molecule is CCC(O)CC/C=C/Cl. The van der Waals surface area contributed by atoms with Gasteiger partial charge in [-0.15, -0.1) is 0 Å². The topological polar surface area (TPSA) is 20.2 Å². The molecule has 0 aromatic heterocycles. The molecule has 1 N–H and O–H groups in total. The fourth-order valence-electron chi connectivity index (χ4n) is 0.556. The lowest BCUT2D eigenvalue weighted by Crippen LogP contribution is -2.02. The maximum absolute atomic E-state index is 9.01. The van der Waals surface area contributed by atoms with Gasteiger partial charge in [0.2, 0.25) is 0 Å². The van der Waals surface area contributed by atoms with E-state index in [4.69, 9.17) is 16.7 Å². The van der Waals surface area contributed by atoms with E-state index in [1.807, 2.05) is 13.0 Å². The maximum Gasteiger partial charge on any atom is 0.0540 e. The minimum atomic E-state index is -0.155. The molecule has 0 saturated heterocycles. The van der Waals surface area contributed by atoms with Gasteiger partial charge in [0.15, 0.2) is 0 Å². The minimum absolute atomic E-state index is 0.155. The molecule has 0 radical (unpaired) electrons. The van der Waals surface area contributed by atoms with E-state index in [9.17, 15) is 0 Å². The highest BCUT2D eigenvalue weighted by Crippen LogP contribution is 2.01. The van der Waals surface area contributed by atoms with Gasteiger partial charge in [-0.25, -0.2) is 0 Å². The summed E-state index contributed by atoms with van der Waals surface area (Å²) in [5.74, 6) is 0. The van der Waals surface area contributed by atoms with Gasteiger partial charge in [-0.3, -0.25) is 0 Å². The standard InChI is InChI=1S/C7H13ClO/c1-2-7(9)5-3-4-6-8/h4,6-7,9H,2-3,5H2,1H3/b6-4+. The third kappa shape index (κ3) is 5.87. The smallest absolute Gasteiger partial charge is 0.0540 e. The van der Waals surface area contributed by atoms with Crippen LogP contribution in [0.25, 0.3) is 0 Å². The second-order valence-corrected chi connectivity index (χ2v) is 2.25. The van der Waals surface area contributed by atoms with Crippen molar-refractivity contribution in [1.29, 1.82) is 0 Å². The molecule has 0 aliphatic heterocycles. The van der Waals surface area contributed by atoms with Crippen LogP contribution in [-0.4, -0.2) is 11.2 Å². The molecule has 0 bridgehead atoms. The van der Waals surface area contributed by atoms with Crippen molar-refractivity contribution < 1.29 is 5.11 Å². The Morgan fingerprint density at radius 3 is 2.78 bits per heavy atom. The van der Waals surface area contributed by atoms with Crippen LogP contribution in [0.4, 0.5) is 0 Å². The lowest BCUT2D eigenvalue weighted by molar-refractivity contribution is 0.161. The van der Waals surface area contributed by atoms with Gasteiger partial charge in [0.1, 0.15) is 0 Å². The molecule has 0 aromatic carbocycles. The van der Waals surface area contributed by atoms with Gasteiger partial charge in [-0.05, 0) is 19.3 Å². The van der Waals surface area contributed by atoms with Crippen LogP contribution in [0, 0.1) is 0 Å². The highest BCUT2D eigenvalue weighted by Gasteiger charge is 1.96. The fourth-order valence-corrected chi connectivity index (χ4v) is 0.682. The molecule has 1 atom stereocenters. The molecule has 0 fully saturated rings. The zero-order valence-electron chi connectivity index (χ0n) is 5.68. The number of hydrogen-bond donors (Lipinski definition) is 1. The van der Waals surface area contributed by atoms with Gasteiger partial charge in [0.25, 0.3) is 0 Å². The summed E-state index contributed by atoms with van der Waals surface area (Å²) < 4.78 is 0. The van der Waals surface area contributed by atoms with E-state index >= 15 is 0 Å². The Morgan fingerprint density at radius 2 is 2.33 bits per heavy atom. The predicted molar refractivity (Wildman–Crippen MR) is 40.5 cm³/mol. The molecule has 1 unspecified atom stereocenters. The highest BCUT2D eigenvalue weighted by molar-refractivity contribution is 6.25. The summed E-state index contributed by atoms with van der Waals surface area (Å²) in [5.41, 5.74) is 1.49. The molecular weight excluding hydrogens is 136 g/mol. The Balaban J connectivity index is 3.06. The Labute approximate surface area is 61.3 Å². The van der Waals surface area contributed by atoms with Crippen LogP contribution >= 0.6 is 11.6 Å². The van der Waals surface area contributed by atoms with Gasteiger partial charge >= 0.3 is 0 Å². The summed E-state index contributed by atoms with van der Waals surface area (Å²) in [6.45, 7) is 1.97. The molecule has 0 aromatic rings.